The largest absolute Gasteiger partial charge is 0.508 e. The second-order valence-corrected chi connectivity index (χ2v) is 10.5. The van der Waals surface area contributed by atoms with E-state index in [0.717, 1.165) is 33.5 Å². The number of urea groups is 1. The molecule has 0 aliphatic heterocycles. The molecule has 0 bridgehead atoms. The van der Waals surface area contributed by atoms with Crippen molar-refractivity contribution in [2.45, 2.75) is 58.7 Å². The number of nitrogens with one attached hydrogen (secondary N) is 3. The molecule has 0 unspecified atom stereocenters. The lowest BCUT2D eigenvalue weighted by Crippen LogP contribution is -2.37. The fourth-order valence-corrected chi connectivity index (χ4v) is 4.50. The van der Waals surface area contributed by atoms with Gasteiger partial charge in [-0.2, -0.15) is 0 Å². The van der Waals surface area contributed by atoms with Crippen LogP contribution in [0.25, 0.3) is 0 Å². The monoisotopic (exact) mass is 502 g/mol. The lowest BCUT2D eigenvalue weighted by molar-refractivity contribution is 0.250. The fourth-order valence-electron chi connectivity index (χ4n) is 4.50. The maximum absolute atomic E-state index is 13.1. The summed E-state index contributed by atoms with van der Waals surface area (Å²) in [6, 6.07) is 21.8. The second-order valence-electron chi connectivity index (χ2n) is 10.5. The maximum atomic E-state index is 13.1. The van der Waals surface area contributed by atoms with Crippen molar-refractivity contribution in [3.05, 3.63) is 94.5 Å². The van der Waals surface area contributed by atoms with E-state index in [-0.39, 0.29) is 12.1 Å². The van der Waals surface area contributed by atoms with Crippen molar-refractivity contribution in [1.82, 2.24) is 15.5 Å². The van der Waals surface area contributed by atoms with Crippen molar-refractivity contribution < 1.29 is 9.90 Å². The minimum atomic E-state index is -0.212. The maximum Gasteiger partial charge on any atom is 0.319 e. The van der Waals surface area contributed by atoms with E-state index in [2.05, 4.69) is 74.0 Å². The number of hydrogen-bond acceptors (Lipinski definition) is 4. The first kappa shape index (κ1) is 28.2. The van der Waals surface area contributed by atoms with Crippen molar-refractivity contribution in [3.63, 3.8) is 0 Å². The van der Waals surface area contributed by atoms with Crippen LogP contribution in [0.4, 0.5) is 10.5 Å². The van der Waals surface area contributed by atoms with Gasteiger partial charge in [0.15, 0.2) is 0 Å². The van der Waals surface area contributed by atoms with Gasteiger partial charge in [0, 0.05) is 36.9 Å². The smallest absolute Gasteiger partial charge is 0.319 e. The molecule has 0 fully saturated rings. The molecule has 198 valence electrons. The third-order valence-electron chi connectivity index (χ3n) is 6.46. The van der Waals surface area contributed by atoms with Crippen molar-refractivity contribution in [3.8, 4) is 5.75 Å². The molecule has 6 heteroatoms. The highest BCUT2D eigenvalue weighted by atomic mass is 16.3. The van der Waals surface area contributed by atoms with E-state index >= 15 is 0 Å². The van der Waals surface area contributed by atoms with Gasteiger partial charge in [0.25, 0.3) is 0 Å². The zero-order valence-electron chi connectivity index (χ0n) is 23.0. The third-order valence-corrected chi connectivity index (χ3v) is 6.46. The standard InChI is InChI=1S/C31H42N4O2/c1-21(2)26-13-10-14-27(22(3)4)30(26)34-31(37)33-19-28(24-11-8-7-9-12-24)32-18-23-15-16-29(36)25(17-23)20-35(5)6/h7-17,21-22,28,32,36H,18-20H2,1-6H3,(H2,33,34,37)/t28-/m0/s1. The Balaban J connectivity index is 1.72. The molecule has 0 saturated heterocycles. The van der Waals surface area contributed by atoms with Crippen molar-refractivity contribution in [1.29, 1.82) is 0 Å². The summed E-state index contributed by atoms with van der Waals surface area (Å²) in [5.74, 6) is 0.906. The second kappa shape index (κ2) is 13.3. The van der Waals surface area contributed by atoms with Crippen LogP contribution in [0.2, 0.25) is 0 Å². The summed E-state index contributed by atoms with van der Waals surface area (Å²) in [5.41, 5.74) is 6.25. The van der Waals surface area contributed by atoms with E-state index in [1.54, 1.807) is 6.07 Å². The van der Waals surface area contributed by atoms with Crippen molar-refractivity contribution >= 4 is 11.7 Å². The van der Waals surface area contributed by atoms with Gasteiger partial charge in [0.05, 0.1) is 0 Å². The molecule has 0 heterocycles. The molecule has 2 amide bonds. The van der Waals surface area contributed by atoms with Gasteiger partial charge in [0.1, 0.15) is 5.75 Å². The summed E-state index contributed by atoms with van der Waals surface area (Å²) in [4.78, 5) is 15.1. The topological polar surface area (TPSA) is 76.6 Å². The summed E-state index contributed by atoms with van der Waals surface area (Å²) in [6.07, 6.45) is 0. The highest BCUT2D eigenvalue weighted by Gasteiger charge is 2.18. The van der Waals surface area contributed by atoms with Crippen LogP contribution < -0.4 is 16.0 Å². The Hall–Kier alpha value is -3.35. The van der Waals surface area contributed by atoms with E-state index in [1.807, 2.05) is 49.3 Å². The molecule has 4 N–H and O–H groups in total. The van der Waals surface area contributed by atoms with Gasteiger partial charge in [-0.3, -0.25) is 0 Å². The van der Waals surface area contributed by atoms with Crippen LogP contribution in [-0.2, 0) is 13.1 Å². The number of phenols is 1. The summed E-state index contributed by atoms with van der Waals surface area (Å²) in [5, 5.41) is 20.0. The summed E-state index contributed by atoms with van der Waals surface area (Å²) >= 11 is 0. The Labute approximate surface area is 222 Å². The van der Waals surface area contributed by atoms with Gasteiger partial charge in [-0.05, 0) is 60.3 Å². The van der Waals surface area contributed by atoms with E-state index < -0.39 is 0 Å². The van der Waals surface area contributed by atoms with Crippen LogP contribution in [0.3, 0.4) is 0 Å². The highest BCUT2D eigenvalue weighted by Crippen LogP contribution is 2.32. The first-order valence-electron chi connectivity index (χ1n) is 13.1. The summed E-state index contributed by atoms with van der Waals surface area (Å²) in [6.45, 7) is 10.3. The first-order valence-corrected chi connectivity index (χ1v) is 13.1. The van der Waals surface area contributed by atoms with Crippen LogP contribution >= 0.6 is 0 Å². The number of para-hydroxylation sites is 1. The molecule has 0 saturated carbocycles. The molecule has 3 rings (SSSR count). The Morgan fingerprint density at radius 2 is 1.54 bits per heavy atom. The number of nitrogens with zero attached hydrogens (tertiary/aromatic N) is 1. The minimum absolute atomic E-state index is 0.0806. The number of benzene rings is 3. The molecule has 0 spiro atoms. The van der Waals surface area contributed by atoms with Crippen LogP contribution in [0.15, 0.2) is 66.7 Å². The predicted molar refractivity (Wildman–Crippen MR) is 153 cm³/mol. The van der Waals surface area contributed by atoms with Gasteiger partial charge in [-0.25, -0.2) is 4.79 Å². The molecule has 6 nitrogen and oxygen atoms in total. The molecule has 1 atom stereocenters. The Bertz CT molecular complexity index is 1130. The van der Waals surface area contributed by atoms with E-state index in [1.165, 1.54) is 0 Å². The molecule has 3 aromatic rings. The van der Waals surface area contributed by atoms with Crippen molar-refractivity contribution in [2.24, 2.45) is 0 Å². The summed E-state index contributed by atoms with van der Waals surface area (Å²) < 4.78 is 0. The van der Waals surface area contributed by atoms with E-state index in [4.69, 9.17) is 0 Å². The lowest BCUT2D eigenvalue weighted by atomic mass is 9.93. The van der Waals surface area contributed by atoms with Gasteiger partial charge >= 0.3 is 6.03 Å². The molecule has 0 radical (unpaired) electrons. The molecular formula is C31H42N4O2. The number of phenolic OH excluding ortho intramolecular Hbond substituents is 1. The zero-order chi connectivity index (χ0) is 26.9. The first-order chi connectivity index (χ1) is 17.7. The third kappa shape index (κ3) is 8.07. The normalized spacial score (nSPS) is 12.2. The number of carbonyl (C=O) groups is 1. The molecule has 0 aliphatic carbocycles. The lowest BCUT2D eigenvalue weighted by Gasteiger charge is -2.23. The van der Waals surface area contributed by atoms with E-state index in [9.17, 15) is 9.90 Å². The quantitative estimate of drug-likeness (QED) is 0.246. The van der Waals surface area contributed by atoms with Crippen molar-refractivity contribution in [2.75, 3.05) is 26.0 Å². The number of carbonyl (C=O) groups excluding carboxylic acids is 1. The predicted octanol–water partition coefficient (Wildman–Crippen LogP) is 6.35. The average Bonchev–Trinajstić information content (AvgIpc) is 2.86. The van der Waals surface area contributed by atoms with Crippen LogP contribution in [-0.4, -0.2) is 36.7 Å². The Morgan fingerprint density at radius 3 is 2.14 bits per heavy atom. The molecule has 0 aromatic heterocycles. The number of aromatic hydroxyl groups is 1. The highest BCUT2D eigenvalue weighted by molar-refractivity contribution is 5.91. The number of anilines is 1. The van der Waals surface area contributed by atoms with Crippen LogP contribution in [0.1, 0.15) is 73.4 Å². The van der Waals surface area contributed by atoms with Gasteiger partial charge in [-0.1, -0.05) is 82.3 Å². The molecule has 0 aliphatic rings. The van der Waals surface area contributed by atoms with Crippen LogP contribution in [0, 0.1) is 0 Å². The van der Waals surface area contributed by atoms with E-state index in [0.29, 0.717) is 37.2 Å². The Kier molecular flexibility index (Phi) is 10.1. The summed E-state index contributed by atoms with van der Waals surface area (Å²) in [7, 11) is 3.96. The minimum Gasteiger partial charge on any atom is -0.508 e. The Morgan fingerprint density at radius 1 is 0.892 bits per heavy atom. The zero-order valence-corrected chi connectivity index (χ0v) is 23.0. The molecular weight excluding hydrogens is 460 g/mol. The number of rotatable bonds is 11. The van der Waals surface area contributed by atoms with Crippen LogP contribution in [0.5, 0.6) is 5.75 Å². The fraction of sp³-hybridized carbons (Fsp3) is 0.387. The number of amides is 2. The van der Waals surface area contributed by atoms with Gasteiger partial charge in [-0.15, -0.1) is 0 Å². The average molecular weight is 503 g/mol. The SMILES string of the molecule is CC(C)c1cccc(C(C)C)c1NC(=O)NC[C@H](NCc1ccc(O)c(CN(C)C)c1)c1ccccc1. The molecule has 3 aromatic carbocycles. The number of hydrogen-bond donors (Lipinski definition) is 4. The van der Waals surface area contributed by atoms with Gasteiger partial charge in [0.2, 0.25) is 0 Å². The molecule has 37 heavy (non-hydrogen) atoms. The van der Waals surface area contributed by atoms with Gasteiger partial charge < -0.3 is 26.0 Å².